The normalized spacial score (nSPS) is 12.3. The number of pyridine rings is 2. The van der Waals surface area contributed by atoms with Gasteiger partial charge in [-0.1, -0.05) is 48.5 Å². The molecule has 0 spiro atoms. The number of carboxylic acids is 1. The van der Waals surface area contributed by atoms with Gasteiger partial charge in [0.25, 0.3) is 10.0 Å². The van der Waals surface area contributed by atoms with Gasteiger partial charge in [-0.05, 0) is 87.2 Å². The molecule has 4 rings (SSSR count). The van der Waals surface area contributed by atoms with Gasteiger partial charge >= 0.3 is 12.1 Å². The van der Waals surface area contributed by atoms with Crippen molar-refractivity contribution in [2.45, 2.75) is 50.8 Å². The second kappa shape index (κ2) is 14.3. The summed E-state index contributed by atoms with van der Waals surface area (Å²) in [6, 6.07) is 23.7. The summed E-state index contributed by atoms with van der Waals surface area (Å²) in [6.45, 7) is 6.79. The molecule has 1 unspecified atom stereocenters. The SMILES string of the molecule is CCOc1ccc(-c2ccc(CC(NS(=O)(=O)c3ccccn3)c3cccc(N(CC(=O)O)C(=O)OC(C)(C)C)n3)cc2)cc1. The quantitative estimate of drug-likeness (QED) is 0.203. The van der Waals surface area contributed by atoms with Crippen molar-refractivity contribution in [3.8, 4) is 16.9 Å². The average Bonchev–Trinajstić information content (AvgIpc) is 3.00. The monoisotopic (exact) mass is 632 g/mol. The number of aliphatic carboxylic acids is 1. The molecule has 12 heteroatoms. The van der Waals surface area contributed by atoms with Crippen LogP contribution in [0.1, 0.15) is 45.0 Å². The number of hydrogen-bond acceptors (Lipinski definition) is 8. The maximum absolute atomic E-state index is 13.4. The summed E-state index contributed by atoms with van der Waals surface area (Å²) in [7, 11) is -4.09. The number of carbonyl (C=O) groups excluding carboxylic acids is 1. The van der Waals surface area contributed by atoms with E-state index < -0.39 is 40.3 Å². The molecule has 0 aliphatic carbocycles. The molecule has 2 aromatic heterocycles. The van der Waals surface area contributed by atoms with Crippen LogP contribution in [0.4, 0.5) is 10.6 Å². The molecule has 2 aromatic carbocycles. The molecule has 45 heavy (non-hydrogen) atoms. The summed E-state index contributed by atoms with van der Waals surface area (Å²) >= 11 is 0. The summed E-state index contributed by atoms with van der Waals surface area (Å²) in [5.74, 6) is -0.491. The lowest BCUT2D eigenvalue weighted by Gasteiger charge is -2.26. The zero-order valence-corrected chi connectivity index (χ0v) is 26.3. The van der Waals surface area contributed by atoms with Gasteiger partial charge in [0.15, 0.2) is 5.03 Å². The maximum atomic E-state index is 13.4. The third kappa shape index (κ3) is 9.34. The molecule has 236 valence electrons. The highest BCUT2D eigenvalue weighted by molar-refractivity contribution is 7.89. The van der Waals surface area contributed by atoms with E-state index in [1.54, 1.807) is 45.0 Å². The van der Waals surface area contributed by atoms with E-state index in [2.05, 4.69) is 14.7 Å². The van der Waals surface area contributed by atoms with Gasteiger partial charge in [0, 0.05) is 6.20 Å². The van der Waals surface area contributed by atoms with Crippen LogP contribution in [0.3, 0.4) is 0 Å². The van der Waals surface area contributed by atoms with Crippen LogP contribution in [0.2, 0.25) is 0 Å². The second-order valence-corrected chi connectivity index (χ2v) is 12.7. The van der Waals surface area contributed by atoms with Crippen molar-refractivity contribution in [1.29, 1.82) is 0 Å². The molecule has 2 heterocycles. The topological polar surface area (TPSA) is 148 Å². The fourth-order valence-corrected chi connectivity index (χ4v) is 5.57. The Morgan fingerprint density at radius 1 is 0.933 bits per heavy atom. The molecule has 1 atom stereocenters. The number of carboxylic acid groups (broad SMARTS) is 1. The van der Waals surface area contributed by atoms with Gasteiger partial charge < -0.3 is 14.6 Å². The van der Waals surface area contributed by atoms with Gasteiger partial charge in [-0.25, -0.2) is 27.9 Å². The molecule has 0 aliphatic rings. The predicted octanol–water partition coefficient (Wildman–Crippen LogP) is 5.63. The average molecular weight is 633 g/mol. The minimum Gasteiger partial charge on any atom is -0.494 e. The number of sulfonamides is 1. The predicted molar refractivity (Wildman–Crippen MR) is 170 cm³/mol. The van der Waals surface area contributed by atoms with Gasteiger partial charge in [-0.15, -0.1) is 0 Å². The number of ether oxygens (including phenoxy) is 2. The number of rotatable bonds is 12. The minimum atomic E-state index is -4.09. The van der Waals surface area contributed by atoms with E-state index in [9.17, 15) is 23.1 Å². The molecular formula is C33H36N4O7S. The lowest BCUT2D eigenvalue weighted by Crippen LogP contribution is -2.40. The van der Waals surface area contributed by atoms with Gasteiger partial charge in [-0.3, -0.25) is 9.69 Å². The molecule has 11 nitrogen and oxygen atoms in total. The number of anilines is 1. The Hall–Kier alpha value is -4.81. The molecule has 0 saturated carbocycles. The third-order valence-electron chi connectivity index (χ3n) is 6.40. The van der Waals surface area contributed by atoms with E-state index >= 15 is 0 Å². The van der Waals surface area contributed by atoms with Crippen molar-refractivity contribution < 1.29 is 32.6 Å². The van der Waals surface area contributed by atoms with Crippen LogP contribution in [0.15, 0.2) is 96.2 Å². The number of benzene rings is 2. The number of aromatic nitrogens is 2. The highest BCUT2D eigenvalue weighted by Gasteiger charge is 2.28. The Bertz CT molecular complexity index is 1710. The number of carbonyl (C=O) groups is 2. The van der Waals surface area contributed by atoms with Gasteiger partial charge in [-0.2, -0.15) is 0 Å². The first-order valence-corrected chi connectivity index (χ1v) is 15.8. The Morgan fingerprint density at radius 2 is 1.60 bits per heavy atom. The summed E-state index contributed by atoms with van der Waals surface area (Å²) in [6.07, 6.45) is 0.675. The van der Waals surface area contributed by atoms with E-state index in [-0.39, 0.29) is 23.0 Å². The highest BCUT2D eigenvalue weighted by Crippen LogP contribution is 2.27. The molecule has 2 N–H and O–H groups in total. The lowest BCUT2D eigenvalue weighted by atomic mass is 9.99. The summed E-state index contributed by atoms with van der Waals surface area (Å²) in [5, 5.41) is 9.34. The molecular weight excluding hydrogens is 596 g/mol. The molecule has 1 amide bonds. The van der Waals surface area contributed by atoms with Crippen LogP contribution >= 0.6 is 0 Å². The van der Waals surface area contributed by atoms with Crippen LogP contribution in [-0.2, 0) is 26.0 Å². The fraction of sp³-hybridized carbons (Fsp3) is 0.273. The van der Waals surface area contributed by atoms with Crippen molar-refractivity contribution in [2.24, 2.45) is 0 Å². The van der Waals surface area contributed by atoms with E-state index in [1.165, 1.54) is 18.3 Å². The number of nitrogens with one attached hydrogen (secondary N) is 1. The van der Waals surface area contributed by atoms with Crippen LogP contribution < -0.4 is 14.4 Å². The van der Waals surface area contributed by atoms with Gasteiger partial charge in [0.2, 0.25) is 0 Å². The first-order chi connectivity index (χ1) is 21.3. The summed E-state index contributed by atoms with van der Waals surface area (Å²) < 4.78 is 40.4. The van der Waals surface area contributed by atoms with Crippen LogP contribution in [0, 0.1) is 0 Å². The van der Waals surface area contributed by atoms with Crippen molar-refractivity contribution in [3.05, 3.63) is 102 Å². The van der Waals surface area contributed by atoms with Gasteiger partial charge in [0.1, 0.15) is 23.7 Å². The van der Waals surface area contributed by atoms with E-state index in [4.69, 9.17) is 9.47 Å². The molecule has 4 aromatic rings. The third-order valence-corrected chi connectivity index (χ3v) is 7.79. The largest absolute Gasteiger partial charge is 0.494 e. The second-order valence-electron chi connectivity index (χ2n) is 11.1. The Kier molecular flexibility index (Phi) is 10.5. The van der Waals surface area contributed by atoms with Crippen LogP contribution in [0.5, 0.6) is 5.75 Å². The zero-order chi connectivity index (χ0) is 32.6. The number of hydrogen-bond donors (Lipinski definition) is 2. The Labute approximate surface area is 262 Å². The summed E-state index contributed by atoms with van der Waals surface area (Å²) in [4.78, 5) is 34.0. The van der Waals surface area contributed by atoms with E-state index in [1.807, 2.05) is 55.5 Å². The standard InChI is InChI=1S/C33H36N4O7S/c1-5-43-26-18-16-25(17-19-26)24-14-12-23(13-15-24)21-28(36-45(41,42)30-11-6-7-20-34-30)27-9-8-10-29(35-27)37(22-31(38)39)32(40)44-33(2,3)4/h6-20,28,36H,5,21-22H2,1-4H3,(H,38,39). The molecule has 0 saturated heterocycles. The lowest BCUT2D eigenvalue weighted by molar-refractivity contribution is -0.135. The highest BCUT2D eigenvalue weighted by atomic mass is 32.2. The fourth-order valence-electron chi connectivity index (χ4n) is 4.41. The number of amides is 1. The Morgan fingerprint density at radius 3 is 2.18 bits per heavy atom. The first-order valence-electron chi connectivity index (χ1n) is 14.3. The van der Waals surface area contributed by atoms with E-state index in [0.29, 0.717) is 6.61 Å². The molecule has 0 radical (unpaired) electrons. The smallest absolute Gasteiger partial charge is 0.416 e. The zero-order valence-electron chi connectivity index (χ0n) is 25.5. The van der Waals surface area contributed by atoms with Crippen molar-refractivity contribution in [1.82, 2.24) is 14.7 Å². The van der Waals surface area contributed by atoms with Crippen molar-refractivity contribution in [2.75, 3.05) is 18.1 Å². The van der Waals surface area contributed by atoms with Crippen molar-refractivity contribution in [3.63, 3.8) is 0 Å². The van der Waals surface area contributed by atoms with Gasteiger partial charge in [0.05, 0.1) is 18.3 Å². The van der Waals surface area contributed by atoms with Crippen LogP contribution in [-0.4, -0.2) is 54.3 Å². The summed E-state index contributed by atoms with van der Waals surface area (Å²) in [5.41, 5.74) is 2.15. The van der Waals surface area contributed by atoms with E-state index in [0.717, 1.165) is 27.3 Å². The Balaban J connectivity index is 1.68. The van der Waals surface area contributed by atoms with Crippen molar-refractivity contribution >= 4 is 27.9 Å². The molecule has 0 bridgehead atoms. The molecule has 0 aliphatic heterocycles. The molecule has 0 fully saturated rings. The maximum Gasteiger partial charge on any atom is 0.416 e. The number of nitrogens with zero attached hydrogens (tertiary/aromatic N) is 3. The van der Waals surface area contributed by atoms with Crippen LogP contribution in [0.25, 0.3) is 11.1 Å². The first kappa shape index (κ1) is 33.1. The minimum absolute atomic E-state index is 0.00275.